The maximum absolute atomic E-state index is 10.6. The number of aromatic nitrogens is 2. The van der Waals surface area contributed by atoms with E-state index in [1.165, 1.54) is 18.5 Å². The van der Waals surface area contributed by atoms with Crippen LogP contribution in [0.1, 0.15) is 50.8 Å². The zero-order chi connectivity index (χ0) is 23.2. The van der Waals surface area contributed by atoms with Crippen molar-refractivity contribution in [2.75, 3.05) is 26.2 Å². The number of nitrogens with one attached hydrogen (secondary N) is 1. The Morgan fingerprint density at radius 3 is 2.67 bits per heavy atom. The summed E-state index contributed by atoms with van der Waals surface area (Å²) in [5.41, 5.74) is 4.62. The van der Waals surface area contributed by atoms with Crippen molar-refractivity contribution in [1.82, 2.24) is 20.0 Å². The number of benzene rings is 1. The van der Waals surface area contributed by atoms with Crippen molar-refractivity contribution in [1.29, 1.82) is 0 Å². The van der Waals surface area contributed by atoms with Gasteiger partial charge in [-0.1, -0.05) is 31.8 Å². The van der Waals surface area contributed by atoms with Gasteiger partial charge in [0.15, 0.2) is 0 Å². The molecule has 2 fully saturated rings. The molecule has 3 aliphatic rings. The molecule has 2 aromatic rings. The predicted molar refractivity (Wildman–Crippen MR) is 134 cm³/mol. The summed E-state index contributed by atoms with van der Waals surface area (Å²) < 4.78 is 2.05. The first-order chi connectivity index (χ1) is 16.1. The van der Waals surface area contributed by atoms with Gasteiger partial charge in [-0.25, -0.2) is 0 Å². The minimum atomic E-state index is 0.192. The number of aromatic hydroxyl groups is 1. The Morgan fingerprint density at radius 1 is 1.24 bits per heavy atom. The molecule has 0 bridgehead atoms. The number of amidine groups is 1. The van der Waals surface area contributed by atoms with Crippen LogP contribution in [-0.4, -0.2) is 57.5 Å². The molecule has 7 nitrogen and oxygen atoms in total. The molecule has 1 saturated carbocycles. The van der Waals surface area contributed by atoms with Crippen molar-refractivity contribution in [3.63, 3.8) is 0 Å². The summed E-state index contributed by atoms with van der Waals surface area (Å²) in [4.78, 5) is 2.16. The molecule has 1 aromatic heterocycles. The molecule has 5 rings (SSSR count). The minimum Gasteiger partial charge on any atom is -0.507 e. The fourth-order valence-corrected chi connectivity index (χ4v) is 4.09. The quantitative estimate of drug-likeness (QED) is 0.325. The molecule has 1 saturated heterocycles. The van der Waals surface area contributed by atoms with E-state index in [0.717, 1.165) is 68.4 Å². The molecule has 1 aromatic carbocycles. The van der Waals surface area contributed by atoms with Gasteiger partial charge in [0.25, 0.3) is 0 Å². The molecule has 2 aliphatic heterocycles. The molecule has 0 radical (unpaired) electrons. The zero-order valence-corrected chi connectivity index (χ0v) is 19.7. The Bertz CT molecular complexity index is 1070. The van der Waals surface area contributed by atoms with Crippen LogP contribution in [0, 0.1) is 18.3 Å². The van der Waals surface area contributed by atoms with Crippen LogP contribution < -0.4 is 5.32 Å². The van der Waals surface area contributed by atoms with Crippen LogP contribution in [0.15, 0.2) is 34.6 Å². The van der Waals surface area contributed by atoms with Crippen LogP contribution >= 0.6 is 0 Å². The van der Waals surface area contributed by atoms with Gasteiger partial charge in [0, 0.05) is 49.5 Å². The molecule has 33 heavy (non-hydrogen) atoms. The van der Waals surface area contributed by atoms with Gasteiger partial charge in [-0.2, -0.15) is 10.2 Å². The molecule has 0 atom stereocenters. The second-order valence-electron chi connectivity index (χ2n) is 9.07. The van der Waals surface area contributed by atoms with Gasteiger partial charge in [-0.3, -0.25) is 4.68 Å². The highest BCUT2D eigenvalue weighted by Crippen LogP contribution is 2.32. The monoisotopic (exact) mass is 446 g/mol. The molecular weight excluding hydrogens is 412 g/mol. The van der Waals surface area contributed by atoms with Crippen LogP contribution in [-0.2, 0) is 13.0 Å². The number of hydrogen-bond acceptors (Lipinski definition) is 5. The highest BCUT2D eigenvalue weighted by Gasteiger charge is 2.19. The Morgan fingerprint density at radius 2 is 2.00 bits per heavy atom. The lowest BCUT2D eigenvalue weighted by Gasteiger charge is -2.29. The van der Waals surface area contributed by atoms with Gasteiger partial charge in [-0.05, 0) is 43.4 Å². The van der Waals surface area contributed by atoms with Crippen molar-refractivity contribution in [3.05, 3.63) is 35.7 Å². The van der Waals surface area contributed by atoms with E-state index in [1.54, 1.807) is 6.07 Å². The normalized spacial score (nSPS) is 18.4. The predicted octanol–water partition coefficient (Wildman–Crippen LogP) is 3.67. The maximum atomic E-state index is 10.6. The number of phenols is 1. The van der Waals surface area contributed by atoms with Crippen molar-refractivity contribution < 1.29 is 5.11 Å². The smallest absolute Gasteiger partial charge is 0.139 e. The average molecular weight is 447 g/mol. The number of terminal acetylenes is 1. The largest absolute Gasteiger partial charge is 0.507 e. The highest BCUT2D eigenvalue weighted by molar-refractivity contribution is 6.02. The Balaban J connectivity index is 0.000000586. The average Bonchev–Trinajstić information content (AvgIpc) is 3.30. The second kappa shape index (κ2) is 10.7. The summed E-state index contributed by atoms with van der Waals surface area (Å²) in [7, 11) is 0. The molecular formula is C26H34N6O. The number of rotatable bonds is 4. The SMILES string of the molecule is C#CC/C(=N\N=C(/C)c1ccc(-c2cnn3c2CCC3)cc1O)N1CCNCC1.CC1CC1. The lowest BCUT2D eigenvalue weighted by Crippen LogP contribution is -2.46. The van der Waals surface area contributed by atoms with E-state index in [1.807, 2.05) is 29.9 Å². The lowest BCUT2D eigenvalue weighted by atomic mass is 10.0. The van der Waals surface area contributed by atoms with Gasteiger partial charge in [0.1, 0.15) is 11.6 Å². The Labute approximate surface area is 196 Å². The molecule has 0 amide bonds. The lowest BCUT2D eigenvalue weighted by molar-refractivity contribution is 0.353. The maximum Gasteiger partial charge on any atom is 0.139 e. The molecule has 7 heteroatoms. The van der Waals surface area contributed by atoms with Crippen LogP contribution in [0.2, 0.25) is 0 Å². The van der Waals surface area contributed by atoms with E-state index in [2.05, 4.69) is 38.4 Å². The first-order valence-electron chi connectivity index (χ1n) is 12.0. The number of fused-ring (bicyclic) bond motifs is 1. The van der Waals surface area contributed by atoms with Crippen molar-refractivity contribution >= 4 is 11.5 Å². The first-order valence-corrected chi connectivity index (χ1v) is 12.0. The summed E-state index contributed by atoms with van der Waals surface area (Å²) in [6.07, 6.45) is 13.0. The van der Waals surface area contributed by atoms with Gasteiger partial charge in [0.2, 0.25) is 0 Å². The van der Waals surface area contributed by atoms with Gasteiger partial charge >= 0.3 is 0 Å². The highest BCUT2D eigenvalue weighted by atomic mass is 16.3. The number of phenolic OH excluding ortho intramolecular Hbond substituents is 1. The fraction of sp³-hybridized carbons (Fsp3) is 0.500. The van der Waals surface area contributed by atoms with Crippen LogP contribution in [0.25, 0.3) is 11.1 Å². The van der Waals surface area contributed by atoms with E-state index >= 15 is 0 Å². The summed E-state index contributed by atoms with van der Waals surface area (Å²) in [6, 6.07) is 5.68. The summed E-state index contributed by atoms with van der Waals surface area (Å²) >= 11 is 0. The fourth-order valence-electron chi connectivity index (χ4n) is 4.09. The van der Waals surface area contributed by atoms with Gasteiger partial charge in [-0.15, -0.1) is 11.5 Å². The van der Waals surface area contributed by atoms with Crippen LogP contribution in [0.4, 0.5) is 0 Å². The summed E-state index contributed by atoms with van der Waals surface area (Å²) in [5, 5.41) is 27.2. The zero-order valence-electron chi connectivity index (χ0n) is 19.7. The van der Waals surface area contributed by atoms with Crippen molar-refractivity contribution in [2.24, 2.45) is 16.1 Å². The number of hydrogen-bond donors (Lipinski definition) is 2. The summed E-state index contributed by atoms with van der Waals surface area (Å²) in [5.74, 6) is 4.73. The third-order valence-corrected chi connectivity index (χ3v) is 6.35. The van der Waals surface area contributed by atoms with Crippen LogP contribution in [0.3, 0.4) is 0 Å². The molecule has 0 spiro atoms. The molecule has 0 unspecified atom stereocenters. The summed E-state index contributed by atoms with van der Waals surface area (Å²) in [6.45, 7) is 8.65. The Kier molecular flexibility index (Phi) is 7.46. The Hall–Kier alpha value is -3.11. The standard InChI is InChI=1S/C22H26N6O.C4H8/c1-3-5-22(27-12-9-23-10-13-27)26-25-16(2)18-8-7-17(14-21(18)29)19-15-24-28-11-4-6-20(19)28;1-4-2-3-4/h1,7-8,14-15,23,29H,4-6,9-13H2,2H3;4H,2-3H2,1H3/b25-16+,26-22+;. The van der Waals surface area contributed by atoms with E-state index in [9.17, 15) is 5.11 Å². The van der Waals surface area contributed by atoms with E-state index in [0.29, 0.717) is 17.7 Å². The number of aryl methyl sites for hydroxylation is 1. The van der Waals surface area contributed by atoms with E-state index < -0.39 is 0 Å². The third kappa shape index (κ3) is 5.82. The molecule has 3 heterocycles. The van der Waals surface area contributed by atoms with Gasteiger partial charge in [0.05, 0.1) is 18.3 Å². The topological polar surface area (TPSA) is 78.0 Å². The molecule has 2 N–H and O–H groups in total. The first kappa shape index (κ1) is 23.1. The number of piperazine rings is 1. The minimum absolute atomic E-state index is 0.192. The third-order valence-electron chi connectivity index (χ3n) is 6.35. The van der Waals surface area contributed by atoms with Gasteiger partial charge < -0.3 is 15.3 Å². The van der Waals surface area contributed by atoms with Crippen molar-refractivity contribution in [2.45, 2.75) is 52.5 Å². The van der Waals surface area contributed by atoms with E-state index in [4.69, 9.17) is 6.42 Å². The number of nitrogens with zero attached hydrogens (tertiary/aromatic N) is 5. The molecule has 174 valence electrons. The second-order valence-corrected chi connectivity index (χ2v) is 9.07. The van der Waals surface area contributed by atoms with Crippen molar-refractivity contribution in [3.8, 4) is 29.2 Å². The van der Waals surface area contributed by atoms with E-state index in [-0.39, 0.29) is 5.75 Å². The molecule has 1 aliphatic carbocycles. The van der Waals surface area contributed by atoms with Crippen LogP contribution in [0.5, 0.6) is 5.75 Å².